The van der Waals surface area contributed by atoms with Gasteiger partial charge in [0.05, 0.1) is 0 Å². The van der Waals surface area contributed by atoms with Crippen molar-refractivity contribution in [2.45, 2.75) is 59.4 Å². The molecule has 0 aliphatic carbocycles. The van der Waals surface area contributed by atoms with Crippen LogP contribution in [-0.2, 0) is 0 Å². The van der Waals surface area contributed by atoms with Crippen molar-refractivity contribution in [3.8, 4) is 0 Å². The quantitative estimate of drug-likeness (QED) is 0.693. The van der Waals surface area contributed by atoms with Crippen LogP contribution in [0, 0.1) is 11.3 Å². The molecule has 1 N–H and O–H groups in total. The molecule has 0 amide bonds. The molecule has 1 aliphatic rings. The van der Waals surface area contributed by atoms with Crippen LogP contribution >= 0.6 is 0 Å². The van der Waals surface area contributed by atoms with E-state index in [4.69, 9.17) is 0 Å². The molecule has 0 aromatic rings. The molecule has 1 rings (SSSR count). The summed E-state index contributed by atoms with van der Waals surface area (Å²) in [5, 5.41) is 3.68. The highest BCUT2D eigenvalue weighted by molar-refractivity contribution is 4.83. The summed E-state index contributed by atoms with van der Waals surface area (Å²) in [6, 6.07) is 0.809. The lowest BCUT2D eigenvalue weighted by molar-refractivity contribution is 0.168. The summed E-state index contributed by atoms with van der Waals surface area (Å²) < 4.78 is 0. The maximum Gasteiger partial charge on any atom is 0.00671 e. The monoisotopic (exact) mass is 183 g/mol. The van der Waals surface area contributed by atoms with Crippen LogP contribution in [0.25, 0.3) is 0 Å². The molecule has 0 bridgehead atoms. The van der Waals surface area contributed by atoms with Crippen LogP contribution in [0.15, 0.2) is 0 Å². The van der Waals surface area contributed by atoms with Gasteiger partial charge in [0.25, 0.3) is 0 Å². The molecule has 1 nitrogen and oxygen atoms in total. The fourth-order valence-corrected chi connectivity index (χ4v) is 2.25. The average molecular weight is 183 g/mol. The zero-order chi connectivity index (χ0) is 9.90. The van der Waals surface area contributed by atoms with E-state index < -0.39 is 0 Å². The van der Waals surface area contributed by atoms with Gasteiger partial charge in [-0.25, -0.2) is 0 Å². The summed E-state index contributed by atoms with van der Waals surface area (Å²) in [5.74, 6) is 0.876. The van der Waals surface area contributed by atoms with Gasteiger partial charge < -0.3 is 5.32 Å². The zero-order valence-corrected chi connectivity index (χ0v) is 9.69. The second-order valence-corrected chi connectivity index (χ2v) is 5.53. The van der Waals surface area contributed by atoms with Gasteiger partial charge in [-0.05, 0) is 37.1 Å². The van der Waals surface area contributed by atoms with Crippen molar-refractivity contribution in [1.29, 1.82) is 0 Å². The van der Waals surface area contributed by atoms with Crippen LogP contribution in [0.4, 0.5) is 0 Å². The van der Waals surface area contributed by atoms with Gasteiger partial charge in [0.2, 0.25) is 0 Å². The Kier molecular flexibility index (Phi) is 3.78. The lowest BCUT2D eigenvalue weighted by Gasteiger charge is -2.37. The van der Waals surface area contributed by atoms with Crippen LogP contribution < -0.4 is 5.32 Å². The maximum atomic E-state index is 3.68. The Balaban J connectivity index is 2.30. The molecule has 0 spiro atoms. The first-order chi connectivity index (χ1) is 6.04. The second kappa shape index (κ2) is 4.45. The third-order valence-corrected chi connectivity index (χ3v) is 3.38. The zero-order valence-electron chi connectivity index (χ0n) is 9.69. The molecule has 1 fully saturated rings. The number of nitrogens with one attached hydrogen (secondary N) is 1. The summed E-state index contributed by atoms with van der Waals surface area (Å²) in [4.78, 5) is 0. The molecule has 13 heavy (non-hydrogen) atoms. The van der Waals surface area contributed by atoms with Gasteiger partial charge in [-0.2, -0.15) is 0 Å². The Morgan fingerprint density at radius 1 is 1.23 bits per heavy atom. The predicted molar refractivity (Wildman–Crippen MR) is 58.9 cm³/mol. The van der Waals surface area contributed by atoms with E-state index in [1.165, 1.54) is 32.2 Å². The number of piperidine rings is 1. The maximum absolute atomic E-state index is 3.68. The Morgan fingerprint density at radius 2 is 1.92 bits per heavy atom. The molecule has 0 unspecified atom stereocenters. The molecule has 78 valence electrons. The first-order valence-electron chi connectivity index (χ1n) is 5.77. The topological polar surface area (TPSA) is 12.0 Å². The van der Waals surface area contributed by atoms with E-state index in [1.807, 2.05) is 0 Å². The van der Waals surface area contributed by atoms with E-state index in [9.17, 15) is 0 Å². The highest BCUT2D eigenvalue weighted by atomic mass is 14.9. The first kappa shape index (κ1) is 11.0. The second-order valence-electron chi connectivity index (χ2n) is 5.53. The van der Waals surface area contributed by atoms with Gasteiger partial charge in [-0.1, -0.05) is 34.1 Å². The summed E-state index contributed by atoms with van der Waals surface area (Å²) in [6.07, 6.45) is 5.48. The predicted octanol–water partition coefficient (Wildman–Crippen LogP) is 3.20. The molecule has 0 radical (unpaired) electrons. The van der Waals surface area contributed by atoms with Crippen molar-refractivity contribution < 1.29 is 0 Å². The van der Waals surface area contributed by atoms with Crippen LogP contribution in [-0.4, -0.2) is 12.6 Å². The molecular weight excluding hydrogens is 158 g/mol. The molecule has 1 heteroatoms. The fraction of sp³-hybridized carbons (Fsp3) is 1.00. The van der Waals surface area contributed by atoms with Crippen molar-refractivity contribution in [1.82, 2.24) is 5.32 Å². The highest BCUT2D eigenvalue weighted by Crippen LogP contribution is 2.32. The lowest BCUT2D eigenvalue weighted by Crippen LogP contribution is -2.43. The van der Waals surface area contributed by atoms with Crippen LogP contribution in [0.5, 0.6) is 0 Å². The Morgan fingerprint density at radius 3 is 2.31 bits per heavy atom. The molecule has 1 heterocycles. The van der Waals surface area contributed by atoms with Crippen molar-refractivity contribution in [3.05, 3.63) is 0 Å². The van der Waals surface area contributed by atoms with Crippen LogP contribution in [0.1, 0.15) is 53.4 Å². The van der Waals surface area contributed by atoms with E-state index in [0.717, 1.165) is 12.0 Å². The molecule has 0 aromatic carbocycles. The molecule has 0 saturated carbocycles. The van der Waals surface area contributed by atoms with Crippen molar-refractivity contribution in [2.24, 2.45) is 11.3 Å². The van der Waals surface area contributed by atoms with Crippen molar-refractivity contribution >= 4 is 0 Å². The Bertz CT molecular complexity index is 138. The summed E-state index contributed by atoms with van der Waals surface area (Å²) in [6.45, 7) is 10.6. The van der Waals surface area contributed by atoms with Crippen LogP contribution in [0.2, 0.25) is 0 Å². The van der Waals surface area contributed by atoms with Gasteiger partial charge in [0.15, 0.2) is 0 Å². The molecular formula is C12H25N. The molecule has 0 aromatic heterocycles. The summed E-state index contributed by atoms with van der Waals surface area (Å²) in [7, 11) is 0. The summed E-state index contributed by atoms with van der Waals surface area (Å²) >= 11 is 0. The van der Waals surface area contributed by atoms with Crippen molar-refractivity contribution in [3.63, 3.8) is 0 Å². The number of hydrogen-bond donors (Lipinski definition) is 1. The van der Waals surface area contributed by atoms with Gasteiger partial charge in [0, 0.05) is 6.04 Å². The minimum Gasteiger partial charge on any atom is -0.314 e. The van der Waals surface area contributed by atoms with E-state index in [1.54, 1.807) is 0 Å². The molecule has 2 atom stereocenters. The SMILES string of the molecule is CCC[C@H]1CC[C@H](C(C)(C)C)CN1. The van der Waals surface area contributed by atoms with E-state index >= 15 is 0 Å². The number of rotatable bonds is 2. The normalized spacial score (nSPS) is 30.5. The summed E-state index contributed by atoms with van der Waals surface area (Å²) in [5.41, 5.74) is 0.490. The van der Waals surface area contributed by atoms with E-state index in [0.29, 0.717) is 5.41 Å². The van der Waals surface area contributed by atoms with Crippen molar-refractivity contribution in [2.75, 3.05) is 6.54 Å². The number of hydrogen-bond acceptors (Lipinski definition) is 1. The molecule has 1 saturated heterocycles. The minimum atomic E-state index is 0.490. The lowest BCUT2D eigenvalue weighted by atomic mass is 9.75. The van der Waals surface area contributed by atoms with Crippen LogP contribution in [0.3, 0.4) is 0 Å². The van der Waals surface area contributed by atoms with E-state index in [2.05, 4.69) is 33.0 Å². The Labute approximate surface area is 83.3 Å². The largest absolute Gasteiger partial charge is 0.314 e. The third-order valence-electron chi connectivity index (χ3n) is 3.38. The molecule has 1 aliphatic heterocycles. The smallest absolute Gasteiger partial charge is 0.00671 e. The van der Waals surface area contributed by atoms with Gasteiger partial charge >= 0.3 is 0 Å². The van der Waals surface area contributed by atoms with Gasteiger partial charge in [-0.15, -0.1) is 0 Å². The average Bonchev–Trinajstić information content (AvgIpc) is 2.04. The fourth-order valence-electron chi connectivity index (χ4n) is 2.25. The van der Waals surface area contributed by atoms with Gasteiger partial charge in [0.1, 0.15) is 0 Å². The van der Waals surface area contributed by atoms with E-state index in [-0.39, 0.29) is 0 Å². The minimum absolute atomic E-state index is 0.490. The highest BCUT2D eigenvalue weighted by Gasteiger charge is 2.28. The third kappa shape index (κ3) is 3.30. The standard InChI is InChI=1S/C12H25N/c1-5-6-11-8-7-10(9-13-11)12(2,3)4/h10-11,13H,5-9H2,1-4H3/t10-,11-/m0/s1. The van der Waals surface area contributed by atoms with Gasteiger partial charge in [-0.3, -0.25) is 0 Å². The Hall–Kier alpha value is -0.0400. The first-order valence-corrected chi connectivity index (χ1v) is 5.77.